The number of carbonyl (C=O) groups is 1. The first-order valence-electron chi connectivity index (χ1n) is 4.48. The molecule has 2 N–H and O–H groups in total. The van der Waals surface area contributed by atoms with Crippen molar-refractivity contribution in [2.24, 2.45) is 0 Å². The molecule has 0 spiro atoms. The normalized spacial score (nSPS) is 14.1. The van der Waals surface area contributed by atoms with Gasteiger partial charge in [-0.3, -0.25) is 4.79 Å². The molecule has 14 heavy (non-hydrogen) atoms. The molecule has 5 heteroatoms. The number of nitriles is 1. The average Bonchev–Trinajstić information content (AvgIpc) is 2.02. The number of nitrogens with one attached hydrogen (secondary N) is 1. The Morgan fingerprint density at radius 1 is 1.64 bits per heavy atom. The molecule has 0 aromatic rings. The van der Waals surface area contributed by atoms with E-state index in [1.54, 1.807) is 6.92 Å². The maximum atomic E-state index is 11.2. The van der Waals surface area contributed by atoms with Gasteiger partial charge in [0.2, 0.25) is 5.91 Å². The highest BCUT2D eigenvalue weighted by Gasteiger charge is 2.09. The second-order valence-electron chi connectivity index (χ2n) is 3.20. The zero-order chi connectivity index (χ0) is 11.0. The first-order chi connectivity index (χ1) is 6.56. The van der Waals surface area contributed by atoms with Gasteiger partial charge in [0.25, 0.3) is 0 Å². The van der Waals surface area contributed by atoms with Gasteiger partial charge >= 0.3 is 0 Å². The summed E-state index contributed by atoms with van der Waals surface area (Å²) >= 11 is 1.29. The summed E-state index contributed by atoms with van der Waals surface area (Å²) < 4.78 is 0. The van der Waals surface area contributed by atoms with Crippen LogP contribution >= 0.6 is 11.8 Å². The van der Waals surface area contributed by atoms with Crippen LogP contribution in [0.4, 0.5) is 0 Å². The van der Waals surface area contributed by atoms with Gasteiger partial charge < -0.3 is 10.4 Å². The maximum Gasteiger partial charge on any atom is 0.230 e. The molecule has 0 aliphatic heterocycles. The standard InChI is InChI=1S/C9H16N2O2S/c1-7(5-8(2)12)11-9(13)6-14-4-3-10/h7-8,12H,4-6H2,1-2H3,(H,11,13). The van der Waals surface area contributed by atoms with Crippen LogP contribution in [0.2, 0.25) is 0 Å². The third-order valence-corrected chi connectivity index (χ3v) is 2.30. The van der Waals surface area contributed by atoms with Crippen LogP contribution in [0, 0.1) is 11.3 Å². The number of hydrogen-bond acceptors (Lipinski definition) is 4. The largest absolute Gasteiger partial charge is 0.393 e. The van der Waals surface area contributed by atoms with Crippen LogP contribution in [-0.2, 0) is 4.79 Å². The zero-order valence-electron chi connectivity index (χ0n) is 8.49. The Morgan fingerprint density at radius 2 is 2.29 bits per heavy atom. The molecule has 0 aromatic heterocycles. The number of amides is 1. The van der Waals surface area contributed by atoms with Crippen molar-refractivity contribution >= 4 is 17.7 Å². The summed E-state index contributed by atoms with van der Waals surface area (Å²) in [5.74, 6) is 0.550. The van der Waals surface area contributed by atoms with Crippen LogP contribution < -0.4 is 5.32 Å². The number of thioether (sulfide) groups is 1. The molecule has 1 amide bonds. The highest BCUT2D eigenvalue weighted by molar-refractivity contribution is 8.00. The third-order valence-electron chi connectivity index (χ3n) is 1.50. The highest BCUT2D eigenvalue weighted by atomic mass is 32.2. The number of rotatable bonds is 6. The number of nitrogens with zero attached hydrogens (tertiary/aromatic N) is 1. The SMILES string of the molecule is CC(O)CC(C)NC(=O)CSCC#N. The number of aliphatic hydroxyl groups excluding tert-OH is 1. The molecule has 2 unspecified atom stereocenters. The fourth-order valence-corrected chi connectivity index (χ4v) is 1.54. The minimum atomic E-state index is -0.405. The Balaban J connectivity index is 3.56. The summed E-state index contributed by atoms with van der Waals surface area (Å²) in [6.45, 7) is 3.53. The van der Waals surface area contributed by atoms with E-state index in [-0.39, 0.29) is 11.9 Å². The molecule has 80 valence electrons. The molecule has 2 atom stereocenters. The van der Waals surface area contributed by atoms with Gasteiger partial charge in [0.15, 0.2) is 0 Å². The van der Waals surface area contributed by atoms with Gasteiger partial charge in [-0.1, -0.05) is 0 Å². The molecule has 0 saturated heterocycles. The van der Waals surface area contributed by atoms with E-state index in [1.807, 2.05) is 13.0 Å². The summed E-state index contributed by atoms with van der Waals surface area (Å²) in [5, 5.41) is 20.0. The Labute approximate surface area is 88.7 Å². The van der Waals surface area contributed by atoms with Crippen molar-refractivity contribution in [2.45, 2.75) is 32.4 Å². The van der Waals surface area contributed by atoms with Gasteiger partial charge in [-0.25, -0.2) is 0 Å². The highest BCUT2D eigenvalue weighted by Crippen LogP contribution is 2.00. The lowest BCUT2D eigenvalue weighted by Gasteiger charge is -2.14. The summed E-state index contributed by atoms with van der Waals surface area (Å²) in [4.78, 5) is 11.2. The van der Waals surface area contributed by atoms with E-state index < -0.39 is 6.10 Å². The number of carbonyl (C=O) groups excluding carboxylic acids is 1. The Morgan fingerprint density at radius 3 is 2.79 bits per heavy atom. The smallest absolute Gasteiger partial charge is 0.230 e. The van der Waals surface area contributed by atoms with Gasteiger partial charge in [0.05, 0.1) is 23.7 Å². The minimum absolute atomic E-state index is 0.0230. The summed E-state index contributed by atoms with van der Waals surface area (Å²) in [7, 11) is 0. The molecule has 0 rings (SSSR count). The van der Waals surface area contributed by atoms with Gasteiger partial charge in [-0.05, 0) is 20.3 Å². The molecular weight excluding hydrogens is 200 g/mol. The summed E-state index contributed by atoms with van der Waals surface area (Å²) in [5.41, 5.74) is 0. The van der Waals surface area contributed by atoms with E-state index in [4.69, 9.17) is 10.4 Å². The van der Waals surface area contributed by atoms with Crippen LogP contribution in [0.3, 0.4) is 0 Å². The van der Waals surface area contributed by atoms with E-state index >= 15 is 0 Å². The Hall–Kier alpha value is -0.730. The van der Waals surface area contributed by atoms with E-state index in [1.165, 1.54) is 11.8 Å². The number of hydrogen-bond donors (Lipinski definition) is 2. The second kappa shape index (κ2) is 7.65. The lowest BCUT2D eigenvalue weighted by molar-refractivity contribution is -0.119. The van der Waals surface area contributed by atoms with E-state index in [0.717, 1.165) is 0 Å². The van der Waals surface area contributed by atoms with Gasteiger partial charge in [-0.2, -0.15) is 5.26 Å². The van der Waals surface area contributed by atoms with Crippen LogP contribution in [0.25, 0.3) is 0 Å². The quantitative estimate of drug-likeness (QED) is 0.635. The second-order valence-corrected chi connectivity index (χ2v) is 4.19. The fraction of sp³-hybridized carbons (Fsp3) is 0.778. The van der Waals surface area contributed by atoms with Gasteiger partial charge in [0, 0.05) is 6.04 Å². The number of aliphatic hydroxyl groups is 1. The van der Waals surface area contributed by atoms with Crippen molar-refractivity contribution in [2.75, 3.05) is 11.5 Å². The monoisotopic (exact) mass is 216 g/mol. The fourth-order valence-electron chi connectivity index (χ4n) is 1.08. The van der Waals surface area contributed by atoms with E-state index in [9.17, 15) is 4.79 Å². The molecule has 0 aliphatic carbocycles. The van der Waals surface area contributed by atoms with Crippen LogP contribution in [0.15, 0.2) is 0 Å². The van der Waals surface area contributed by atoms with Crippen LogP contribution in [0.1, 0.15) is 20.3 Å². The molecule has 0 aromatic carbocycles. The molecule has 0 bridgehead atoms. The van der Waals surface area contributed by atoms with Crippen LogP contribution in [0.5, 0.6) is 0 Å². The molecular formula is C9H16N2O2S. The molecule has 0 radical (unpaired) electrons. The Bertz CT molecular complexity index is 213. The molecule has 0 fully saturated rings. The average molecular weight is 216 g/mol. The molecule has 0 heterocycles. The van der Waals surface area contributed by atoms with E-state index in [0.29, 0.717) is 17.9 Å². The topological polar surface area (TPSA) is 73.1 Å². The van der Waals surface area contributed by atoms with Gasteiger partial charge in [0.1, 0.15) is 0 Å². The molecule has 0 aliphatic rings. The lowest BCUT2D eigenvalue weighted by Crippen LogP contribution is -2.35. The zero-order valence-corrected chi connectivity index (χ0v) is 9.30. The predicted molar refractivity (Wildman–Crippen MR) is 56.8 cm³/mol. The van der Waals surface area contributed by atoms with Crippen molar-refractivity contribution in [1.29, 1.82) is 5.26 Å². The first-order valence-corrected chi connectivity index (χ1v) is 5.63. The Kier molecular flexibility index (Phi) is 7.25. The van der Waals surface area contributed by atoms with E-state index in [2.05, 4.69) is 5.32 Å². The first kappa shape index (κ1) is 13.3. The molecule has 0 saturated carbocycles. The predicted octanol–water partition coefficient (Wildman–Crippen LogP) is 0.519. The van der Waals surface area contributed by atoms with Crippen LogP contribution in [-0.4, -0.2) is 34.7 Å². The van der Waals surface area contributed by atoms with Crippen molar-refractivity contribution in [3.8, 4) is 6.07 Å². The van der Waals surface area contributed by atoms with Crippen molar-refractivity contribution in [1.82, 2.24) is 5.32 Å². The lowest BCUT2D eigenvalue weighted by atomic mass is 10.1. The summed E-state index contributed by atoms with van der Waals surface area (Å²) in [6, 6.07) is 1.93. The van der Waals surface area contributed by atoms with Crippen molar-refractivity contribution in [3.63, 3.8) is 0 Å². The van der Waals surface area contributed by atoms with Crippen molar-refractivity contribution in [3.05, 3.63) is 0 Å². The molecule has 4 nitrogen and oxygen atoms in total. The maximum absolute atomic E-state index is 11.2. The van der Waals surface area contributed by atoms with Crippen molar-refractivity contribution < 1.29 is 9.90 Å². The summed E-state index contributed by atoms with van der Waals surface area (Å²) in [6.07, 6.45) is 0.145. The third kappa shape index (κ3) is 7.90. The van der Waals surface area contributed by atoms with Gasteiger partial charge in [-0.15, -0.1) is 11.8 Å². The minimum Gasteiger partial charge on any atom is -0.393 e.